The van der Waals surface area contributed by atoms with Crippen LogP contribution in [0.2, 0.25) is 0 Å². The Labute approximate surface area is 137 Å². The number of carbonyl (C=O) groups is 1. The molecule has 4 nitrogen and oxygen atoms in total. The molecular formula is C17H26N2O2S. The lowest BCUT2D eigenvalue weighted by Crippen LogP contribution is -2.32. The highest BCUT2D eigenvalue weighted by Crippen LogP contribution is 2.21. The second-order valence-electron chi connectivity index (χ2n) is 6.59. The Morgan fingerprint density at radius 3 is 2.73 bits per heavy atom. The Morgan fingerprint density at radius 1 is 1.32 bits per heavy atom. The maximum atomic E-state index is 11.7. The first-order valence-corrected chi connectivity index (χ1v) is 8.98. The molecule has 0 bridgehead atoms. The Morgan fingerprint density at radius 2 is 2.05 bits per heavy atom. The molecule has 0 spiro atoms. The maximum Gasteiger partial charge on any atom is 0.407 e. The predicted octanol–water partition coefficient (Wildman–Crippen LogP) is 4.02. The number of ether oxygens (including phenoxy) is 1. The zero-order valence-electron chi connectivity index (χ0n) is 13.6. The van der Waals surface area contributed by atoms with Crippen LogP contribution in [0.5, 0.6) is 0 Å². The van der Waals surface area contributed by atoms with Crippen LogP contribution in [-0.4, -0.2) is 29.2 Å². The van der Waals surface area contributed by atoms with E-state index < -0.39 is 5.60 Å². The van der Waals surface area contributed by atoms with Gasteiger partial charge in [-0.15, -0.1) is 0 Å². The normalized spacial score (nSPS) is 16.1. The summed E-state index contributed by atoms with van der Waals surface area (Å²) in [6.07, 6.45) is 2.05. The predicted molar refractivity (Wildman–Crippen MR) is 93.5 cm³/mol. The first-order valence-electron chi connectivity index (χ1n) is 7.82. The number of nitrogens with one attached hydrogen (secondary N) is 2. The fourth-order valence-electron chi connectivity index (χ4n) is 2.34. The van der Waals surface area contributed by atoms with Crippen molar-refractivity contribution in [3.05, 3.63) is 29.8 Å². The average molecular weight is 322 g/mol. The molecule has 1 aliphatic rings. The van der Waals surface area contributed by atoms with Gasteiger partial charge in [0.1, 0.15) is 5.60 Å². The van der Waals surface area contributed by atoms with Crippen molar-refractivity contribution in [3.63, 3.8) is 0 Å². The van der Waals surface area contributed by atoms with E-state index in [1.54, 1.807) is 0 Å². The second kappa shape index (κ2) is 7.77. The molecule has 5 heteroatoms. The van der Waals surface area contributed by atoms with Gasteiger partial charge in [-0.05, 0) is 62.8 Å². The zero-order valence-corrected chi connectivity index (χ0v) is 14.5. The minimum atomic E-state index is -0.466. The van der Waals surface area contributed by atoms with Crippen molar-refractivity contribution < 1.29 is 9.53 Å². The lowest BCUT2D eigenvalue weighted by atomic mass is 10.1. The van der Waals surface area contributed by atoms with E-state index in [9.17, 15) is 4.79 Å². The van der Waals surface area contributed by atoms with Gasteiger partial charge in [0.05, 0.1) is 0 Å². The Bertz CT molecular complexity index is 494. The van der Waals surface area contributed by atoms with Crippen molar-refractivity contribution in [3.8, 4) is 0 Å². The van der Waals surface area contributed by atoms with Gasteiger partial charge in [0.15, 0.2) is 0 Å². The number of hydrogen-bond donors (Lipinski definition) is 2. The molecule has 1 saturated heterocycles. The highest BCUT2D eigenvalue weighted by atomic mass is 32.2. The largest absolute Gasteiger partial charge is 0.444 e. The summed E-state index contributed by atoms with van der Waals surface area (Å²) in [7, 11) is 0. The van der Waals surface area contributed by atoms with Crippen molar-refractivity contribution >= 4 is 23.5 Å². The molecule has 0 saturated carbocycles. The highest BCUT2D eigenvalue weighted by Gasteiger charge is 2.16. The summed E-state index contributed by atoms with van der Waals surface area (Å²) in [5, 5.41) is 6.38. The van der Waals surface area contributed by atoms with Crippen LogP contribution in [0.25, 0.3) is 0 Å². The van der Waals surface area contributed by atoms with E-state index in [-0.39, 0.29) is 6.09 Å². The molecule has 0 aliphatic carbocycles. The first-order chi connectivity index (χ1) is 10.4. The minimum Gasteiger partial charge on any atom is -0.444 e. The third-order valence-electron chi connectivity index (χ3n) is 3.35. The molecule has 22 heavy (non-hydrogen) atoms. The van der Waals surface area contributed by atoms with Crippen LogP contribution in [0, 0.1) is 0 Å². The van der Waals surface area contributed by atoms with Crippen LogP contribution in [0.1, 0.15) is 39.2 Å². The van der Waals surface area contributed by atoms with E-state index in [0.29, 0.717) is 12.6 Å². The van der Waals surface area contributed by atoms with Gasteiger partial charge in [-0.2, -0.15) is 11.8 Å². The summed E-state index contributed by atoms with van der Waals surface area (Å²) >= 11 is 2.03. The topological polar surface area (TPSA) is 50.4 Å². The molecule has 1 aliphatic heterocycles. The Hall–Kier alpha value is -1.36. The lowest BCUT2D eigenvalue weighted by Gasteiger charge is -2.24. The Kier molecular flexibility index (Phi) is 6.00. The van der Waals surface area contributed by atoms with Gasteiger partial charge in [0, 0.05) is 18.3 Å². The molecule has 1 aromatic rings. The highest BCUT2D eigenvalue weighted by molar-refractivity contribution is 7.99. The summed E-state index contributed by atoms with van der Waals surface area (Å²) in [5.41, 5.74) is 1.73. The van der Waals surface area contributed by atoms with Crippen LogP contribution >= 0.6 is 11.8 Å². The summed E-state index contributed by atoms with van der Waals surface area (Å²) < 4.78 is 5.24. The average Bonchev–Trinajstić information content (AvgIpc) is 2.45. The summed E-state index contributed by atoms with van der Waals surface area (Å²) in [6, 6.07) is 8.78. The van der Waals surface area contributed by atoms with Crippen molar-refractivity contribution in [2.45, 2.75) is 51.8 Å². The number of hydrogen-bond acceptors (Lipinski definition) is 4. The van der Waals surface area contributed by atoms with Crippen molar-refractivity contribution in [1.29, 1.82) is 0 Å². The van der Waals surface area contributed by atoms with E-state index in [0.717, 1.165) is 11.3 Å². The molecular weight excluding hydrogens is 296 g/mol. The molecule has 122 valence electrons. The first kappa shape index (κ1) is 17.0. The van der Waals surface area contributed by atoms with Gasteiger partial charge in [-0.1, -0.05) is 12.1 Å². The number of rotatable bonds is 4. The number of amides is 1. The molecule has 0 radical (unpaired) electrons. The van der Waals surface area contributed by atoms with Gasteiger partial charge in [-0.25, -0.2) is 4.79 Å². The van der Waals surface area contributed by atoms with Crippen LogP contribution in [0.3, 0.4) is 0 Å². The number of benzene rings is 1. The fourth-order valence-corrected chi connectivity index (χ4v) is 3.44. The minimum absolute atomic E-state index is 0.379. The molecule has 0 aromatic heterocycles. The standard InChI is InChI=1S/C17H26N2O2S/c1-17(2,3)21-16(20)18-12-13-5-4-6-15(11-13)19-14-7-9-22-10-8-14/h4-6,11,14,19H,7-10,12H2,1-3H3,(H,18,20). The lowest BCUT2D eigenvalue weighted by molar-refractivity contribution is 0.0523. The molecule has 2 rings (SSSR count). The quantitative estimate of drug-likeness (QED) is 0.879. The van der Waals surface area contributed by atoms with Crippen molar-refractivity contribution in [2.75, 3.05) is 16.8 Å². The molecule has 1 fully saturated rings. The van der Waals surface area contributed by atoms with Crippen molar-refractivity contribution in [2.24, 2.45) is 0 Å². The molecule has 1 aromatic carbocycles. The van der Waals surface area contributed by atoms with Crippen LogP contribution in [-0.2, 0) is 11.3 Å². The fraction of sp³-hybridized carbons (Fsp3) is 0.588. The monoisotopic (exact) mass is 322 g/mol. The number of anilines is 1. The van der Waals surface area contributed by atoms with Crippen LogP contribution in [0.15, 0.2) is 24.3 Å². The van der Waals surface area contributed by atoms with Gasteiger partial charge in [0.25, 0.3) is 0 Å². The number of thioether (sulfide) groups is 1. The van der Waals surface area contributed by atoms with Crippen molar-refractivity contribution in [1.82, 2.24) is 5.32 Å². The molecule has 0 atom stereocenters. The van der Waals surface area contributed by atoms with Crippen LogP contribution in [0.4, 0.5) is 10.5 Å². The zero-order chi connectivity index (χ0) is 16.0. The number of alkyl carbamates (subject to hydrolysis) is 1. The van der Waals surface area contributed by atoms with Gasteiger partial charge >= 0.3 is 6.09 Å². The van der Waals surface area contributed by atoms with Crippen LogP contribution < -0.4 is 10.6 Å². The molecule has 1 amide bonds. The van der Waals surface area contributed by atoms with Gasteiger partial charge in [0.2, 0.25) is 0 Å². The molecule has 1 heterocycles. The second-order valence-corrected chi connectivity index (χ2v) is 7.81. The van der Waals surface area contributed by atoms with E-state index in [2.05, 4.69) is 22.8 Å². The van der Waals surface area contributed by atoms with Gasteiger partial charge in [-0.3, -0.25) is 0 Å². The van der Waals surface area contributed by atoms with E-state index in [1.807, 2.05) is 44.7 Å². The van der Waals surface area contributed by atoms with E-state index in [4.69, 9.17) is 4.74 Å². The Balaban J connectivity index is 1.84. The van der Waals surface area contributed by atoms with Gasteiger partial charge < -0.3 is 15.4 Å². The van der Waals surface area contributed by atoms with E-state index >= 15 is 0 Å². The summed E-state index contributed by atoms with van der Waals surface area (Å²) in [5.74, 6) is 2.47. The third-order valence-corrected chi connectivity index (χ3v) is 4.40. The molecule has 0 unspecified atom stereocenters. The maximum absolute atomic E-state index is 11.7. The molecule has 2 N–H and O–H groups in total. The summed E-state index contributed by atoms with van der Waals surface area (Å²) in [4.78, 5) is 11.7. The summed E-state index contributed by atoms with van der Waals surface area (Å²) in [6.45, 7) is 6.06. The SMILES string of the molecule is CC(C)(C)OC(=O)NCc1cccc(NC2CCSCC2)c1. The van der Waals surface area contributed by atoms with E-state index in [1.165, 1.54) is 24.3 Å². The third kappa shape index (κ3) is 6.18. The smallest absolute Gasteiger partial charge is 0.407 e. The number of carbonyl (C=O) groups excluding carboxylic acids is 1.